The number of epoxide rings is 1. The van der Waals surface area contributed by atoms with Crippen LogP contribution in [0.2, 0.25) is 0 Å². The number of methoxy groups -OCH3 is 2. The van der Waals surface area contributed by atoms with Crippen molar-refractivity contribution >= 4 is 53.6 Å². The van der Waals surface area contributed by atoms with Crippen LogP contribution in [-0.2, 0) is 77.9 Å². The number of Topliss-reactive ketones (excluding diaryl/α,β-unsaturated/α-hetero) is 2. The van der Waals surface area contributed by atoms with E-state index in [9.17, 15) is 48.3 Å². The second-order valence-electron chi connectivity index (χ2n) is 20.5. The lowest BCUT2D eigenvalue weighted by Gasteiger charge is -2.42. The molecule has 0 radical (unpaired) electrons. The number of alkyl carbamates (subject to hydrolysis) is 2. The van der Waals surface area contributed by atoms with Gasteiger partial charge in [-0.05, 0) is 56.0 Å². The van der Waals surface area contributed by atoms with Gasteiger partial charge in [-0.3, -0.25) is 29.3 Å². The molecule has 3 saturated heterocycles. The number of likely N-dealkylation sites (N-methyl/N-ethyl adjacent to an activating group) is 1. The van der Waals surface area contributed by atoms with E-state index in [0.717, 1.165) is 21.6 Å². The van der Waals surface area contributed by atoms with Gasteiger partial charge < -0.3 is 62.8 Å². The number of hydrogen-bond donors (Lipinski definition) is 3. The summed E-state index contributed by atoms with van der Waals surface area (Å²) in [7, 11) is 4.20. The fourth-order valence-corrected chi connectivity index (χ4v) is 9.73. The first-order chi connectivity index (χ1) is 36.9. The van der Waals surface area contributed by atoms with Crippen LogP contribution in [0, 0.1) is 24.7 Å². The molecule has 0 aromatic heterocycles. The number of ketones is 2. The van der Waals surface area contributed by atoms with E-state index < -0.39 is 139 Å². The van der Waals surface area contributed by atoms with Crippen molar-refractivity contribution in [3.05, 3.63) is 64.8 Å². The van der Waals surface area contributed by atoms with Crippen LogP contribution in [0.25, 0.3) is 0 Å². The number of carbonyl (C=O) groups is 9. The Kier molecular flexibility index (Phi) is 20.4. The first-order valence-electron chi connectivity index (χ1n) is 25.8. The van der Waals surface area contributed by atoms with Gasteiger partial charge in [-0.25, -0.2) is 19.2 Å². The van der Waals surface area contributed by atoms with Crippen molar-refractivity contribution < 1.29 is 95.7 Å². The molecule has 78 heavy (non-hydrogen) atoms. The number of benzene rings is 1. The molecule has 5 aliphatic rings. The number of fused-ring (bicyclic) bond motifs is 5. The summed E-state index contributed by atoms with van der Waals surface area (Å²) in [6.45, 7) is 10.9. The zero-order valence-electron chi connectivity index (χ0n) is 45.7. The molecule has 1 aliphatic carbocycles. The number of esters is 1. The number of rotatable bonds is 15. The summed E-state index contributed by atoms with van der Waals surface area (Å²) in [4.78, 5) is 125. The molecular weight excluding hydrogens is 1020 g/mol. The van der Waals surface area contributed by atoms with E-state index in [0.29, 0.717) is 17.7 Å². The van der Waals surface area contributed by atoms with E-state index in [1.54, 1.807) is 52.2 Å². The third-order valence-electron chi connectivity index (χ3n) is 14.8. The highest BCUT2D eigenvalue weighted by molar-refractivity contribution is 6.02. The Morgan fingerprint density at radius 2 is 1.69 bits per heavy atom. The molecule has 1 aromatic rings. The summed E-state index contributed by atoms with van der Waals surface area (Å²) in [5.74, 6) is -7.45. The van der Waals surface area contributed by atoms with Crippen LogP contribution >= 0.6 is 0 Å². The maximum atomic E-state index is 14.5. The molecular formula is C54H72N4O20. The maximum Gasteiger partial charge on any atom is 0.410 e. The Labute approximate surface area is 452 Å². The van der Waals surface area contributed by atoms with Crippen LogP contribution in [0.5, 0.6) is 5.75 Å². The number of hydroxylamine groups is 2. The maximum absolute atomic E-state index is 14.5. The van der Waals surface area contributed by atoms with Crippen molar-refractivity contribution in [2.75, 3.05) is 54.4 Å². The summed E-state index contributed by atoms with van der Waals surface area (Å²) in [6.07, 6.45) is -0.200. The smallest absolute Gasteiger partial charge is 0.410 e. The molecule has 24 heteroatoms. The summed E-state index contributed by atoms with van der Waals surface area (Å²) in [5.41, 5.74) is 0.0105. The van der Waals surface area contributed by atoms with E-state index >= 15 is 0 Å². The predicted molar refractivity (Wildman–Crippen MR) is 271 cm³/mol. The van der Waals surface area contributed by atoms with Gasteiger partial charge in [0, 0.05) is 64.0 Å². The van der Waals surface area contributed by atoms with Crippen molar-refractivity contribution in [1.29, 1.82) is 0 Å². The standard InChI is InChI=1S/C54H72N4O20/c1-29-13-11-15-43(70-10)54(68)25-42(75-51(66)56-54)34(6)47-53(7,77-47)44(24-40(60)32(4)37-22-35(21-29)23-41(69-9)33(37)5)76-48(63)31(3)30(2)39(59)18-20-73-50(65)55-38(49(64)78-58-45(61)16-17-46(58)62)26-57(8)52(67)74-36-14-12-19-71-28-72-27-36/h11-15,22-23,30-32,34,36,38,42-44,47,68H,16-21,24-28H2,1-10H3,(H,55,65)(H,56,66)/b14-12+,15-11+,29-13+/t30?,31-,32?,34-,36?,38?,42+,43?,44+,47+,53+,54?/m1/s1. The first-order valence-corrected chi connectivity index (χ1v) is 25.8. The Balaban J connectivity index is 1.15. The van der Waals surface area contributed by atoms with Gasteiger partial charge in [-0.2, -0.15) is 0 Å². The number of nitrogens with one attached hydrogen (secondary N) is 2. The van der Waals surface area contributed by atoms with E-state index in [1.165, 1.54) is 28.0 Å². The van der Waals surface area contributed by atoms with Crippen LogP contribution in [0.3, 0.4) is 0 Å². The summed E-state index contributed by atoms with van der Waals surface area (Å²) >= 11 is 0. The number of imide groups is 1. The first kappa shape index (κ1) is 60.5. The van der Waals surface area contributed by atoms with Crippen molar-refractivity contribution in [3.8, 4) is 5.75 Å². The lowest BCUT2D eigenvalue weighted by molar-refractivity contribution is -0.199. The third kappa shape index (κ3) is 14.9. The molecule has 3 fully saturated rings. The molecule has 5 amide bonds. The van der Waals surface area contributed by atoms with Crippen molar-refractivity contribution in [2.45, 2.75) is 141 Å². The third-order valence-corrected chi connectivity index (χ3v) is 14.8. The number of allylic oxidation sites excluding steroid dienone is 3. The number of amides is 5. The number of ether oxygens (including phenoxy) is 9. The molecule has 12 atom stereocenters. The van der Waals surface area contributed by atoms with Crippen LogP contribution in [0.1, 0.15) is 96.3 Å². The molecule has 4 bridgehead atoms. The van der Waals surface area contributed by atoms with Crippen molar-refractivity contribution in [2.24, 2.45) is 17.8 Å². The Morgan fingerprint density at radius 1 is 0.974 bits per heavy atom. The monoisotopic (exact) mass is 1100 g/mol. The molecule has 6 rings (SSSR count). The zero-order chi connectivity index (χ0) is 57.2. The fourth-order valence-electron chi connectivity index (χ4n) is 9.73. The van der Waals surface area contributed by atoms with Gasteiger partial charge in [-0.15, -0.1) is 5.06 Å². The van der Waals surface area contributed by atoms with Crippen molar-refractivity contribution in [3.63, 3.8) is 0 Å². The Morgan fingerprint density at radius 3 is 2.38 bits per heavy atom. The van der Waals surface area contributed by atoms with E-state index in [-0.39, 0.29) is 56.5 Å². The highest BCUT2D eigenvalue weighted by Crippen LogP contribution is 2.49. The fraction of sp³-hybridized carbons (Fsp3) is 0.611. The van der Waals surface area contributed by atoms with Crippen molar-refractivity contribution in [1.82, 2.24) is 20.6 Å². The Hall–Kier alpha value is -6.73. The van der Waals surface area contributed by atoms with Crippen LogP contribution in [-0.4, -0.2) is 171 Å². The van der Waals surface area contributed by atoms with E-state index in [1.807, 2.05) is 32.1 Å². The Bertz CT molecular complexity index is 2530. The minimum absolute atomic E-state index is 0.0337. The average Bonchev–Trinajstić information content (AvgIpc) is 4.14. The highest BCUT2D eigenvalue weighted by atomic mass is 16.7. The van der Waals surface area contributed by atoms with Gasteiger partial charge in [0.1, 0.15) is 66.8 Å². The SMILES string of the molecule is COc1cc2cc(c1C)C(C)C(=O)C[C@H](OC(=O)[C@H](C)C(C)C(=O)CCOC(=O)NC(CN(C)C(=O)OC1/C=C/COCOC1)C(=O)ON1C(=O)CCC1=O)[C@]1(C)O[C@H]1[C@H](C)[C@@H]1CC(O)(NC(=O)O1)C(OC)/C=C/C=C(\C)C2. The molecule has 0 saturated carbocycles. The number of nitrogens with zero attached hydrogens (tertiary/aromatic N) is 2. The van der Waals surface area contributed by atoms with Crippen LogP contribution in [0.15, 0.2) is 48.1 Å². The minimum Gasteiger partial charge on any atom is -0.496 e. The highest BCUT2D eigenvalue weighted by Gasteiger charge is 2.64. The molecule has 428 valence electrons. The van der Waals surface area contributed by atoms with E-state index in [4.69, 9.17) is 47.5 Å². The lowest BCUT2D eigenvalue weighted by Crippen LogP contribution is -2.63. The minimum atomic E-state index is -1.90. The van der Waals surface area contributed by atoms with Gasteiger partial charge in [0.15, 0.2) is 5.72 Å². The van der Waals surface area contributed by atoms with E-state index in [2.05, 4.69) is 10.6 Å². The summed E-state index contributed by atoms with van der Waals surface area (Å²) < 4.78 is 50.8. The summed E-state index contributed by atoms with van der Waals surface area (Å²) in [5, 5.41) is 16.9. The van der Waals surface area contributed by atoms with Gasteiger partial charge in [0.05, 0.1) is 38.9 Å². The van der Waals surface area contributed by atoms with Gasteiger partial charge in [0.25, 0.3) is 11.8 Å². The topological polar surface area (TPSA) is 300 Å². The van der Waals surface area contributed by atoms with Gasteiger partial charge in [0.2, 0.25) is 0 Å². The molecule has 6 unspecified atom stereocenters. The molecule has 4 aliphatic heterocycles. The number of carbonyl (C=O) groups excluding carboxylic acids is 9. The lowest BCUT2D eigenvalue weighted by atomic mass is 9.81. The number of hydrogen-bond acceptors (Lipinski definition) is 20. The quantitative estimate of drug-likeness (QED) is 0.0736. The molecule has 24 nitrogen and oxygen atoms in total. The molecule has 0 spiro atoms. The molecule has 3 N–H and O–H groups in total. The number of aliphatic hydroxyl groups is 1. The second-order valence-corrected chi connectivity index (χ2v) is 20.5. The summed E-state index contributed by atoms with van der Waals surface area (Å²) in [6, 6.07) is 2.11. The zero-order valence-corrected chi connectivity index (χ0v) is 45.7. The largest absolute Gasteiger partial charge is 0.496 e. The van der Waals surface area contributed by atoms with Crippen LogP contribution < -0.4 is 15.4 Å². The normalized spacial score (nSPS) is 30.2. The second kappa shape index (κ2) is 26.3. The average molecular weight is 1100 g/mol. The molecule has 1 aromatic carbocycles. The van der Waals surface area contributed by atoms with Gasteiger partial charge in [-0.1, -0.05) is 63.6 Å². The molecule has 4 heterocycles. The predicted octanol–water partition coefficient (Wildman–Crippen LogP) is 3.96. The van der Waals surface area contributed by atoms with Crippen LogP contribution in [0.4, 0.5) is 14.4 Å². The van der Waals surface area contributed by atoms with Gasteiger partial charge >= 0.3 is 30.2 Å².